The zero-order valence-corrected chi connectivity index (χ0v) is 17.8. The summed E-state index contributed by atoms with van der Waals surface area (Å²) in [6, 6.07) is 13.0. The minimum atomic E-state index is -0.411. The normalized spacial score (nSPS) is 10.8. The highest BCUT2D eigenvalue weighted by Gasteiger charge is 2.18. The van der Waals surface area contributed by atoms with Crippen LogP contribution in [0.1, 0.15) is 29.5 Å². The molecule has 0 aliphatic heterocycles. The molecule has 156 valence electrons. The molecule has 1 aromatic heterocycles. The average Bonchev–Trinajstić information content (AvgIpc) is 3.12. The molecule has 1 N–H and O–H groups in total. The molecule has 6 nitrogen and oxygen atoms in total. The molecular weight excluding hydrogens is 427 g/mol. The fourth-order valence-electron chi connectivity index (χ4n) is 2.79. The highest BCUT2D eigenvalue weighted by Crippen LogP contribution is 2.25. The summed E-state index contributed by atoms with van der Waals surface area (Å²) in [4.78, 5) is 23.5. The van der Waals surface area contributed by atoms with Crippen LogP contribution in [0.5, 0.6) is 0 Å². The number of rotatable bonds is 9. The summed E-state index contributed by atoms with van der Waals surface area (Å²) in [5.41, 5.74) is 0.859. The summed E-state index contributed by atoms with van der Waals surface area (Å²) in [5, 5.41) is 12.1. The predicted molar refractivity (Wildman–Crippen MR) is 115 cm³/mol. The van der Waals surface area contributed by atoms with E-state index in [-0.39, 0.29) is 17.4 Å². The molecule has 2 aromatic carbocycles. The standard InChI is InChI=1S/C21H20ClFN4O2S/c1-14(28)24-12-4-7-20-25-26-21(27(20)18-6-3-2-5-17(18)23)30-13-19(29)15-8-10-16(22)11-9-15/h2-3,5-6,8-11H,4,7,12-13H2,1H3,(H,24,28). The van der Waals surface area contributed by atoms with Crippen LogP contribution in [-0.4, -0.2) is 38.8 Å². The number of nitrogens with zero attached hydrogens (tertiary/aromatic N) is 3. The van der Waals surface area contributed by atoms with Crippen LogP contribution in [0.25, 0.3) is 5.69 Å². The molecule has 0 spiro atoms. The maximum absolute atomic E-state index is 14.5. The van der Waals surface area contributed by atoms with Crippen molar-refractivity contribution >= 4 is 35.1 Å². The van der Waals surface area contributed by atoms with Crippen molar-refractivity contribution in [3.8, 4) is 5.69 Å². The summed E-state index contributed by atoms with van der Waals surface area (Å²) in [5.74, 6) is 0.0767. The van der Waals surface area contributed by atoms with E-state index in [2.05, 4.69) is 15.5 Å². The first-order chi connectivity index (χ1) is 14.5. The van der Waals surface area contributed by atoms with E-state index in [1.165, 1.54) is 24.8 Å². The number of ketones is 1. The Morgan fingerprint density at radius 3 is 2.57 bits per heavy atom. The van der Waals surface area contributed by atoms with Crippen LogP contribution in [0, 0.1) is 5.82 Å². The Bertz CT molecular complexity index is 1040. The maximum Gasteiger partial charge on any atom is 0.216 e. The number of amides is 1. The number of aryl methyl sites for hydroxylation is 1. The van der Waals surface area contributed by atoms with E-state index < -0.39 is 5.82 Å². The molecule has 3 rings (SSSR count). The van der Waals surface area contributed by atoms with Gasteiger partial charge in [-0.05, 0) is 42.8 Å². The third-order valence-electron chi connectivity index (χ3n) is 4.24. The number of hydrogen-bond donors (Lipinski definition) is 1. The number of carbonyl (C=O) groups is 2. The van der Waals surface area contributed by atoms with Crippen molar-refractivity contribution in [3.63, 3.8) is 0 Å². The second-order valence-electron chi connectivity index (χ2n) is 6.49. The number of carbonyl (C=O) groups excluding carboxylic acids is 2. The molecule has 0 atom stereocenters. The molecule has 0 saturated carbocycles. The second-order valence-corrected chi connectivity index (χ2v) is 7.87. The summed E-state index contributed by atoms with van der Waals surface area (Å²) in [6.45, 7) is 1.94. The van der Waals surface area contributed by atoms with Crippen molar-refractivity contribution in [2.24, 2.45) is 0 Å². The minimum absolute atomic E-state index is 0.0908. The number of benzene rings is 2. The van der Waals surface area contributed by atoms with Crippen molar-refractivity contribution < 1.29 is 14.0 Å². The molecule has 0 fully saturated rings. The van der Waals surface area contributed by atoms with E-state index in [0.717, 1.165) is 0 Å². The van der Waals surface area contributed by atoms with Crippen molar-refractivity contribution in [3.05, 3.63) is 70.8 Å². The van der Waals surface area contributed by atoms with Gasteiger partial charge in [0.25, 0.3) is 0 Å². The molecule has 0 saturated heterocycles. The number of hydrogen-bond acceptors (Lipinski definition) is 5. The van der Waals surface area contributed by atoms with Crippen molar-refractivity contribution in [2.75, 3.05) is 12.3 Å². The third kappa shape index (κ3) is 5.67. The molecule has 30 heavy (non-hydrogen) atoms. The fraction of sp³-hybridized carbons (Fsp3) is 0.238. The topological polar surface area (TPSA) is 76.9 Å². The molecule has 1 amide bonds. The van der Waals surface area contributed by atoms with Crippen LogP contribution in [0.3, 0.4) is 0 Å². The van der Waals surface area contributed by atoms with E-state index in [1.54, 1.807) is 47.0 Å². The Kier molecular flexibility index (Phi) is 7.59. The number of para-hydroxylation sites is 1. The summed E-state index contributed by atoms with van der Waals surface area (Å²) < 4.78 is 16.1. The van der Waals surface area contributed by atoms with Gasteiger partial charge in [0.15, 0.2) is 10.9 Å². The van der Waals surface area contributed by atoms with Crippen LogP contribution >= 0.6 is 23.4 Å². The Labute approximate surface area is 182 Å². The molecule has 0 aliphatic carbocycles. The van der Waals surface area contributed by atoms with Gasteiger partial charge in [0.2, 0.25) is 5.91 Å². The smallest absolute Gasteiger partial charge is 0.216 e. The quantitative estimate of drug-likeness (QED) is 0.304. The summed E-state index contributed by atoms with van der Waals surface area (Å²) in [6.07, 6.45) is 1.12. The molecule has 0 bridgehead atoms. The Morgan fingerprint density at radius 1 is 1.13 bits per heavy atom. The molecule has 1 heterocycles. The first kappa shape index (κ1) is 22.0. The third-order valence-corrected chi connectivity index (χ3v) is 5.42. The monoisotopic (exact) mass is 446 g/mol. The average molecular weight is 447 g/mol. The van der Waals surface area contributed by atoms with E-state index in [1.807, 2.05) is 0 Å². The van der Waals surface area contributed by atoms with Crippen LogP contribution in [0.15, 0.2) is 53.7 Å². The number of halogens is 2. The van der Waals surface area contributed by atoms with Crippen molar-refractivity contribution in [2.45, 2.75) is 24.9 Å². The zero-order chi connectivity index (χ0) is 21.5. The number of Topliss-reactive ketones (excluding diaryl/α,β-unsaturated/α-hetero) is 1. The number of nitrogens with one attached hydrogen (secondary N) is 1. The molecule has 0 radical (unpaired) electrons. The van der Waals surface area contributed by atoms with E-state index >= 15 is 0 Å². The molecule has 3 aromatic rings. The fourth-order valence-corrected chi connectivity index (χ4v) is 3.78. The van der Waals surface area contributed by atoms with Crippen LogP contribution < -0.4 is 5.32 Å². The SMILES string of the molecule is CC(=O)NCCCc1nnc(SCC(=O)c2ccc(Cl)cc2)n1-c1ccccc1F. The van der Waals surface area contributed by atoms with Crippen molar-refractivity contribution in [1.29, 1.82) is 0 Å². The number of thioether (sulfide) groups is 1. The van der Waals surface area contributed by atoms with Gasteiger partial charge < -0.3 is 5.32 Å². The Morgan fingerprint density at radius 2 is 1.87 bits per heavy atom. The van der Waals surface area contributed by atoms with Crippen LogP contribution in [0.2, 0.25) is 5.02 Å². The number of aromatic nitrogens is 3. The van der Waals surface area contributed by atoms with Gasteiger partial charge in [0.05, 0.1) is 11.4 Å². The highest BCUT2D eigenvalue weighted by atomic mass is 35.5. The lowest BCUT2D eigenvalue weighted by molar-refractivity contribution is -0.118. The highest BCUT2D eigenvalue weighted by molar-refractivity contribution is 7.99. The first-order valence-electron chi connectivity index (χ1n) is 9.31. The largest absolute Gasteiger partial charge is 0.356 e. The summed E-state index contributed by atoms with van der Waals surface area (Å²) in [7, 11) is 0. The van der Waals surface area contributed by atoms with Gasteiger partial charge in [0.1, 0.15) is 11.6 Å². The molecule has 0 unspecified atom stereocenters. The molecule has 9 heteroatoms. The van der Waals surface area contributed by atoms with E-state index in [0.29, 0.717) is 46.6 Å². The Hall–Kier alpha value is -2.71. The van der Waals surface area contributed by atoms with Gasteiger partial charge in [-0.1, -0.05) is 35.5 Å². The van der Waals surface area contributed by atoms with Gasteiger partial charge in [-0.15, -0.1) is 10.2 Å². The Balaban J connectivity index is 1.79. The van der Waals surface area contributed by atoms with Gasteiger partial charge >= 0.3 is 0 Å². The van der Waals surface area contributed by atoms with Crippen LogP contribution in [-0.2, 0) is 11.2 Å². The van der Waals surface area contributed by atoms with Gasteiger partial charge in [0, 0.05) is 30.5 Å². The summed E-state index contributed by atoms with van der Waals surface area (Å²) >= 11 is 7.06. The van der Waals surface area contributed by atoms with Gasteiger partial charge in [-0.3, -0.25) is 14.2 Å². The lowest BCUT2D eigenvalue weighted by Gasteiger charge is -2.11. The predicted octanol–water partition coefficient (Wildman–Crippen LogP) is 4.10. The first-order valence-corrected chi connectivity index (χ1v) is 10.7. The maximum atomic E-state index is 14.5. The minimum Gasteiger partial charge on any atom is -0.356 e. The van der Waals surface area contributed by atoms with Crippen molar-refractivity contribution in [1.82, 2.24) is 20.1 Å². The second kappa shape index (κ2) is 10.4. The lowest BCUT2D eigenvalue weighted by Crippen LogP contribution is -2.21. The van der Waals surface area contributed by atoms with E-state index in [9.17, 15) is 14.0 Å². The lowest BCUT2D eigenvalue weighted by atomic mass is 10.1. The van der Waals surface area contributed by atoms with Gasteiger partial charge in [-0.25, -0.2) is 4.39 Å². The van der Waals surface area contributed by atoms with Gasteiger partial charge in [-0.2, -0.15) is 0 Å². The molecular formula is C21H20ClFN4O2S. The zero-order valence-electron chi connectivity index (χ0n) is 16.3. The van der Waals surface area contributed by atoms with E-state index in [4.69, 9.17) is 11.6 Å². The van der Waals surface area contributed by atoms with Crippen LogP contribution in [0.4, 0.5) is 4.39 Å². The molecule has 0 aliphatic rings.